The second-order valence-corrected chi connectivity index (χ2v) is 6.16. The fourth-order valence-corrected chi connectivity index (χ4v) is 3.18. The molecule has 1 saturated heterocycles. The molecule has 0 bridgehead atoms. The predicted molar refractivity (Wildman–Crippen MR) is 91.2 cm³/mol. The molecule has 1 amide bonds. The number of methoxy groups -OCH3 is 1. The van der Waals surface area contributed by atoms with Gasteiger partial charge < -0.3 is 14.6 Å². The first-order valence-corrected chi connectivity index (χ1v) is 8.29. The van der Waals surface area contributed by atoms with Crippen LogP contribution in [0.5, 0.6) is 0 Å². The van der Waals surface area contributed by atoms with Gasteiger partial charge in [-0.3, -0.25) is 14.2 Å². The Labute approximate surface area is 145 Å². The van der Waals surface area contributed by atoms with E-state index in [1.165, 1.54) is 17.9 Å². The number of benzene rings is 1. The van der Waals surface area contributed by atoms with Crippen LogP contribution >= 0.6 is 0 Å². The molecule has 1 aromatic heterocycles. The molecule has 1 unspecified atom stereocenters. The standard InChI is InChI=1S/C18H21N3O4/c1-25-17(23)14-8-5-9-20(12-14)16(22)15-10-19-18(24)21(15)11-13-6-3-2-4-7-13/h2-4,6-7,10,14H,5,8-9,11-12H2,1H3,(H,19,24). The molecule has 0 saturated carbocycles. The number of piperidine rings is 1. The van der Waals surface area contributed by atoms with Crippen molar-refractivity contribution in [3.8, 4) is 0 Å². The molecular weight excluding hydrogens is 322 g/mol. The van der Waals surface area contributed by atoms with Crippen LogP contribution in [0, 0.1) is 5.92 Å². The van der Waals surface area contributed by atoms with Crippen LogP contribution in [0.25, 0.3) is 0 Å². The molecule has 1 fully saturated rings. The van der Waals surface area contributed by atoms with Crippen LogP contribution < -0.4 is 5.69 Å². The monoisotopic (exact) mass is 343 g/mol. The van der Waals surface area contributed by atoms with Crippen LogP contribution in [-0.2, 0) is 16.1 Å². The molecule has 132 valence electrons. The number of imidazole rings is 1. The minimum absolute atomic E-state index is 0.247. The summed E-state index contributed by atoms with van der Waals surface area (Å²) in [5.41, 5.74) is 0.914. The maximum atomic E-state index is 12.9. The summed E-state index contributed by atoms with van der Waals surface area (Å²) in [6.07, 6.45) is 2.88. The molecule has 2 heterocycles. The Balaban J connectivity index is 1.81. The topological polar surface area (TPSA) is 84.4 Å². The van der Waals surface area contributed by atoms with Crippen LogP contribution in [0.4, 0.5) is 0 Å². The number of nitrogens with zero attached hydrogens (tertiary/aromatic N) is 2. The molecule has 1 atom stereocenters. The number of H-pyrrole nitrogens is 1. The summed E-state index contributed by atoms with van der Waals surface area (Å²) in [6, 6.07) is 9.49. The number of aromatic amines is 1. The molecule has 0 spiro atoms. The lowest BCUT2D eigenvalue weighted by atomic mass is 9.98. The van der Waals surface area contributed by atoms with Crippen molar-refractivity contribution in [1.82, 2.24) is 14.5 Å². The van der Waals surface area contributed by atoms with Crippen molar-refractivity contribution in [2.45, 2.75) is 19.4 Å². The number of hydrogen-bond donors (Lipinski definition) is 1. The molecule has 1 N–H and O–H groups in total. The third kappa shape index (κ3) is 3.65. The Kier molecular flexibility index (Phi) is 5.02. The first-order chi connectivity index (χ1) is 12.1. The average Bonchev–Trinajstić information content (AvgIpc) is 3.02. The number of nitrogens with one attached hydrogen (secondary N) is 1. The Morgan fingerprint density at radius 1 is 1.28 bits per heavy atom. The molecular formula is C18H21N3O4. The van der Waals surface area contributed by atoms with E-state index in [-0.39, 0.29) is 23.5 Å². The summed E-state index contributed by atoms with van der Waals surface area (Å²) in [4.78, 5) is 41.0. The van der Waals surface area contributed by atoms with Crippen molar-refractivity contribution in [2.75, 3.05) is 20.2 Å². The number of ether oxygens (including phenoxy) is 1. The summed E-state index contributed by atoms with van der Waals surface area (Å²) in [7, 11) is 1.35. The van der Waals surface area contributed by atoms with Crippen LogP contribution in [-0.4, -0.2) is 46.5 Å². The quantitative estimate of drug-likeness (QED) is 0.847. The second kappa shape index (κ2) is 7.38. The minimum Gasteiger partial charge on any atom is -0.469 e. The number of likely N-dealkylation sites (tertiary alicyclic amines) is 1. The first kappa shape index (κ1) is 17.0. The molecule has 25 heavy (non-hydrogen) atoms. The molecule has 2 aromatic rings. The number of carbonyl (C=O) groups is 2. The van der Waals surface area contributed by atoms with Crippen molar-refractivity contribution in [1.29, 1.82) is 0 Å². The van der Waals surface area contributed by atoms with E-state index in [2.05, 4.69) is 4.98 Å². The van der Waals surface area contributed by atoms with E-state index in [0.29, 0.717) is 31.7 Å². The van der Waals surface area contributed by atoms with E-state index in [0.717, 1.165) is 12.0 Å². The van der Waals surface area contributed by atoms with Gasteiger partial charge in [0.15, 0.2) is 0 Å². The average molecular weight is 343 g/mol. The minimum atomic E-state index is -0.325. The third-order valence-electron chi connectivity index (χ3n) is 4.51. The molecule has 7 heteroatoms. The Morgan fingerprint density at radius 3 is 2.76 bits per heavy atom. The van der Waals surface area contributed by atoms with Crippen LogP contribution in [0.3, 0.4) is 0 Å². The Morgan fingerprint density at radius 2 is 2.04 bits per heavy atom. The van der Waals surface area contributed by atoms with Crippen molar-refractivity contribution in [2.24, 2.45) is 5.92 Å². The van der Waals surface area contributed by atoms with E-state index in [1.54, 1.807) is 4.90 Å². The summed E-state index contributed by atoms with van der Waals surface area (Å²) in [5, 5.41) is 0. The number of carbonyl (C=O) groups excluding carboxylic acids is 2. The van der Waals surface area contributed by atoms with Gasteiger partial charge in [0.25, 0.3) is 5.91 Å². The molecule has 7 nitrogen and oxygen atoms in total. The van der Waals surface area contributed by atoms with Gasteiger partial charge in [-0.15, -0.1) is 0 Å². The molecule has 0 aliphatic carbocycles. The van der Waals surface area contributed by atoms with E-state index in [1.807, 2.05) is 30.3 Å². The maximum Gasteiger partial charge on any atom is 0.326 e. The van der Waals surface area contributed by atoms with Gasteiger partial charge in [0.05, 0.1) is 19.6 Å². The number of hydrogen-bond acceptors (Lipinski definition) is 4. The smallest absolute Gasteiger partial charge is 0.326 e. The highest BCUT2D eigenvalue weighted by molar-refractivity contribution is 5.93. The SMILES string of the molecule is COC(=O)C1CCCN(C(=O)c2c[nH]c(=O)n2Cc2ccccc2)C1. The highest BCUT2D eigenvalue weighted by atomic mass is 16.5. The molecule has 1 aliphatic heterocycles. The van der Waals surface area contributed by atoms with Crippen LogP contribution in [0.1, 0.15) is 28.9 Å². The normalized spacial score (nSPS) is 17.3. The van der Waals surface area contributed by atoms with Gasteiger partial charge in [-0.05, 0) is 18.4 Å². The number of esters is 1. The Hall–Kier alpha value is -2.83. The zero-order valence-electron chi connectivity index (χ0n) is 14.1. The van der Waals surface area contributed by atoms with Crippen molar-refractivity contribution >= 4 is 11.9 Å². The van der Waals surface area contributed by atoms with E-state index < -0.39 is 0 Å². The highest BCUT2D eigenvalue weighted by Gasteiger charge is 2.31. The third-order valence-corrected chi connectivity index (χ3v) is 4.51. The fourth-order valence-electron chi connectivity index (χ4n) is 3.18. The van der Waals surface area contributed by atoms with Crippen LogP contribution in [0.15, 0.2) is 41.3 Å². The van der Waals surface area contributed by atoms with Crippen molar-refractivity contribution in [3.63, 3.8) is 0 Å². The molecule has 3 rings (SSSR count). The summed E-state index contributed by atoms with van der Waals surface area (Å²) in [5.74, 6) is -0.855. The lowest BCUT2D eigenvalue weighted by molar-refractivity contribution is -0.146. The number of amides is 1. The highest BCUT2D eigenvalue weighted by Crippen LogP contribution is 2.19. The van der Waals surface area contributed by atoms with Gasteiger partial charge in [-0.25, -0.2) is 4.79 Å². The largest absolute Gasteiger partial charge is 0.469 e. The summed E-state index contributed by atoms with van der Waals surface area (Å²) < 4.78 is 6.22. The van der Waals surface area contributed by atoms with Gasteiger partial charge in [-0.1, -0.05) is 30.3 Å². The lowest BCUT2D eigenvalue weighted by Crippen LogP contribution is -2.43. The lowest BCUT2D eigenvalue weighted by Gasteiger charge is -2.31. The molecule has 1 aromatic carbocycles. The molecule has 1 aliphatic rings. The first-order valence-electron chi connectivity index (χ1n) is 8.29. The van der Waals surface area contributed by atoms with Crippen molar-refractivity contribution < 1.29 is 14.3 Å². The summed E-state index contributed by atoms with van der Waals surface area (Å²) in [6.45, 7) is 1.20. The van der Waals surface area contributed by atoms with Crippen molar-refractivity contribution in [3.05, 3.63) is 58.3 Å². The number of aromatic nitrogens is 2. The maximum absolute atomic E-state index is 12.9. The van der Waals surface area contributed by atoms with Gasteiger partial charge in [0, 0.05) is 19.3 Å². The van der Waals surface area contributed by atoms with Gasteiger partial charge in [-0.2, -0.15) is 0 Å². The zero-order valence-corrected chi connectivity index (χ0v) is 14.1. The number of rotatable bonds is 4. The van der Waals surface area contributed by atoms with E-state index in [9.17, 15) is 14.4 Å². The zero-order chi connectivity index (χ0) is 17.8. The second-order valence-electron chi connectivity index (χ2n) is 6.16. The van der Waals surface area contributed by atoms with Gasteiger partial charge >= 0.3 is 11.7 Å². The summed E-state index contributed by atoms with van der Waals surface area (Å²) >= 11 is 0. The van der Waals surface area contributed by atoms with E-state index in [4.69, 9.17) is 4.74 Å². The fraction of sp³-hybridized carbons (Fsp3) is 0.389. The molecule has 0 radical (unpaired) electrons. The Bertz CT molecular complexity index is 809. The van der Waals surface area contributed by atoms with Gasteiger partial charge in [0.2, 0.25) is 0 Å². The predicted octanol–water partition coefficient (Wildman–Crippen LogP) is 1.25. The van der Waals surface area contributed by atoms with Gasteiger partial charge in [0.1, 0.15) is 5.69 Å². The van der Waals surface area contributed by atoms with E-state index >= 15 is 0 Å². The van der Waals surface area contributed by atoms with Crippen LogP contribution in [0.2, 0.25) is 0 Å².